The van der Waals surface area contributed by atoms with Gasteiger partial charge in [-0.1, -0.05) is 11.6 Å². The zero-order valence-corrected chi connectivity index (χ0v) is 10.5. The lowest BCUT2D eigenvalue weighted by molar-refractivity contribution is 0.963. The van der Waals surface area contributed by atoms with Crippen molar-refractivity contribution in [3.8, 4) is 0 Å². The van der Waals surface area contributed by atoms with E-state index in [4.69, 9.17) is 0 Å². The molecule has 0 saturated heterocycles. The van der Waals surface area contributed by atoms with Crippen molar-refractivity contribution in [1.82, 2.24) is 9.97 Å². The number of aromatic nitrogens is 2. The maximum Gasteiger partial charge on any atom is 0.0456 e. The molecule has 3 aromatic rings. The maximum atomic E-state index is 4.05. The molecule has 0 aliphatic heterocycles. The molecule has 1 aromatic carbocycles. The molecule has 0 fully saturated rings. The summed E-state index contributed by atoms with van der Waals surface area (Å²) in [6.07, 6.45) is 7.96. The molecule has 0 saturated carbocycles. The molecule has 0 unspecified atom stereocenters. The molecule has 0 radical (unpaired) electrons. The van der Waals surface area contributed by atoms with Crippen molar-refractivity contribution < 1.29 is 0 Å². The van der Waals surface area contributed by atoms with Gasteiger partial charge in [0.2, 0.25) is 0 Å². The number of nitrogens with one attached hydrogen (secondary N) is 1. The van der Waals surface area contributed by atoms with Gasteiger partial charge in [0, 0.05) is 29.5 Å². The molecule has 2 heteroatoms. The van der Waals surface area contributed by atoms with Crippen LogP contribution in [0.5, 0.6) is 0 Å². The topological polar surface area (TPSA) is 28.7 Å². The van der Waals surface area contributed by atoms with Crippen LogP contribution in [0.25, 0.3) is 10.9 Å². The van der Waals surface area contributed by atoms with Crippen molar-refractivity contribution in [2.45, 2.75) is 19.8 Å². The van der Waals surface area contributed by atoms with Gasteiger partial charge in [-0.3, -0.25) is 4.98 Å². The number of benzene rings is 1. The van der Waals surface area contributed by atoms with Crippen LogP contribution in [0.15, 0.2) is 48.9 Å². The second kappa shape index (κ2) is 4.65. The Morgan fingerprint density at radius 2 is 1.89 bits per heavy atom. The third-order valence-corrected chi connectivity index (χ3v) is 3.36. The fourth-order valence-corrected chi connectivity index (χ4v) is 2.33. The van der Waals surface area contributed by atoms with E-state index in [1.54, 1.807) is 0 Å². The molecule has 0 aliphatic carbocycles. The third-order valence-electron chi connectivity index (χ3n) is 3.36. The number of rotatable bonds is 3. The molecule has 2 heterocycles. The molecular weight excluding hydrogens is 220 g/mol. The summed E-state index contributed by atoms with van der Waals surface area (Å²) < 4.78 is 0. The van der Waals surface area contributed by atoms with Crippen molar-refractivity contribution >= 4 is 10.9 Å². The molecule has 0 spiro atoms. The molecule has 90 valence electrons. The third kappa shape index (κ3) is 2.14. The standard InChI is InChI=1S/C16H16N2/c1-12-2-5-16-15(10-12)14(11-18-16)4-3-13-6-8-17-9-7-13/h2,5-11,18H,3-4H2,1H3. The lowest BCUT2D eigenvalue weighted by Gasteiger charge is -2.01. The first-order chi connectivity index (χ1) is 8.83. The van der Waals surface area contributed by atoms with Gasteiger partial charge in [-0.05, 0) is 55.2 Å². The molecular formula is C16H16N2. The van der Waals surface area contributed by atoms with Crippen molar-refractivity contribution in [3.63, 3.8) is 0 Å². The summed E-state index contributed by atoms with van der Waals surface area (Å²) in [7, 11) is 0. The van der Waals surface area contributed by atoms with Gasteiger partial charge in [-0.15, -0.1) is 0 Å². The fraction of sp³-hybridized carbons (Fsp3) is 0.188. The SMILES string of the molecule is Cc1ccc2[nH]cc(CCc3ccncc3)c2c1. The van der Waals surface area contributed by atoms with E-state index in [1.165, 1.54) is 27.6 Å². The summed E-state index contributed by atoms with van der Waals surface area (Å²) in [5.41, 5.74) is 5.27. The summed E-state index contributed by atoms with van der Waals surface area (Å²) in [6.45, 7) is 2.14. The minimum absolute atomic E-state index is 1.06. The number of hydrogen-bond donors (Lipinski definition) is 1. The number of H-pyrrole nitrogens is 1. The van der Waals surface area contributed by atoms with E-state index in [0.29, 0.717) is 0 Å². The summed E-state index contributed by atoms with van der Waals surface area (Å²) in [5, 5.41) is 1.35. The minimum atomic E-state index is 1.06. The lowest BCUT2D eigenvalue weighted by atomic mass is 10.0. The van der Waals surface area contributed by atoms with Crippen LogP contribution in [0.1, 0.15) is 16.7 Å². The molecule has 0 amide bonds. The first-order valence-corrected chi connectivity index (χ1v) is 6.28. The number of aromatic amines is 1. The Balaban J connectivity index is 1.85. The van der Waals surface area contributed by atoms with E-state index in [-0.39, 0.29) is 0 Å². The van der Waals surface area contributed by atoms with Crippen molar-refractivity contribution in [2.24, 2.45) is 0 Å². The van der Waals surface area contributed by atoms with Crippen LogP contribution in [0.4, 0.5) is 0 Å². The largest absolute Gasteiger partial charge is 0.361 e. The second-order valence-corrected chi connectivity index (χ2v) is 4.72. The van der Waals surface area contributed by atoms with Crippen LogP contribution in [0.3, 0.4) is 0 Å². The molecule has 0 bridgehead atoms. The maximum absolute atomic E-state index is 4.05. The van der Waals surface area contributed by atoms with Gasteiger partial charge in [0.25, 0.3) is 0 Å². The number of pyridine rings is 1. The first-order valence-electron chi connectivity index (χ1n) is 6.28. The van der Waals surface area contributed by atoms with E-state index >= 15 is 0 Å². The summed E-state index contributed by atoms with van der Waals surface area (Å²) in [6, 6.07) is 10.7. The Morgan fingerprint density at radius 3 is 2.72 bits per heavy atom. The van der Waals surface area contributed by atoms with E-state index in [9.17, 15) is 0 Å². The van der Waals surface area contributed by atoms with Gasteiger partial charge < -0.3 is 4.98 Å². The number of aryl methyl sites for hydroxylation is 3. The highest BCUT2D eigenvalue weighted by Crippen LogP contribution is 2.21. The molecule has 0 aliphatic rings. The van der Waals surface area contributed by atoms with Crippen molar-refractivity contribution in [3.05, 3.63) is 65.6 Å². The average Bonchev–Trinajstić information content (AvgIpc) is 2.80. The van der Waals surface area contributed by atoms with Crippen LogP contribution in [-0.4, -0.2) is 9.97 Å². The smallest absolute Gasteiger partial charge is 0.0456 e. The lowest BCUT2D eigenvalue weighted by Crippen LogP contribution is -1.90. The normalized spacial score (nSPS) is 10.9. The van der Waals surface area contributed by atoms with Gasteiger partial charge in [0.15, 0.2) is 0 Å². The van der Waals surface area contributed by atoms with E-state index < -0.39 is 0 Å². The van der Waals surface area contributed by atoms with E-state index in [0.717, 1.165) is 12.8 Å². The predicted molar refractivity (Wildman–Crippen MR) is 74.7 cm³/mol. The molecule has 18 heavy (non-hydrogen) atoms. The van der Waals surface area contributed by atoms with Crippen LogP contribution < -0.4 is 0 Å². The number of hydrogen-bond acceptors (Lipinski definition) is 1. The highest BCUT2D eigenvalue weighted by atomic mass is 14.7. The Kier molecular flexibility index (Phi) is 2.85. The minimum Gasteiger partial charge on any atom is -0.361 e. The highest BCUT2D eigenvalue weighted by molar-refractivity contribution is 5.83. The zero-order valence-electron chi connectivity index (χ0n) is 10.5. The van der Waals surface area contributed by atoms with Crippen LogP contribution in [-0.2, 0) is 12.8 Å². The summed E-state index contributed by atoms with van der Waals surface area (Å²) in [5.74, 6) is 0. The quantitative estimate of drug-likeness (QED) is 0.738. The molecule has 1 N–H and O–H groups in total. The Morgan fingerprint density at radius 1 is 1.06 bits per heavy atom. The first kappa shape index (κ1) is 11.0. The van der Waals surface area contributed by atoms with Crippen LogP contribution >= 0.6 is 0 Å². The fourth-order valence-electron chi connectivity index (χ4n) is 2.33. The van der Waals surface area contributed by atoms with Crippen LogP contribution in [0.2, 0.25) is 0 Å². The van der Waals surface area contributed by atoms with Crippen LogP contribution in [0, 0.1) is 6.92 Å². The molecule has 2 nitrogen and oxygen atoms in total. The van der Waals surface area contributed by atoms with E-state index in [2.05, 4.69) is 53.4 Å². The second-order valence-electron chi connectivity index (χ2n) is 4.72. The summed E-state index contributed by atoms with van der Waals surface area (Å²) >= 11 is 0. The monoisotopic (exact) mass is 236 g/mol. The van der Waals surface area contributed by atoms with Crippen molar-refractivity contribution in [1.29, 1.82) is 0 Å². The number of fused-ring (bicyclic) bond motifs is 1. The predicted octanol–water partition coefficient (Wildman–Crippen LogP) is 3.66. The molecule has 0 atom stereocenters. The van der Waals surface area contributed by atoms with Gasteiger partial charge in [0.1, 0.15) is 0 Å². The van der Waals surface area contributed by atoms with E-state index in [1.807, 2.05) is 12.4 Å². The molecule has 2 aromatic heterocycles. The summed E-state index contributed by atoms with van der Waals surface area (Å²) in [4.78, 5) is 7.39. The number of nitrogens with zero attached hydrogens (tertiary/aromatic N) is 1. The van der Waals surface area contributed by atoms with Crippen molar-refractivity contribution in [2.75, 3.05) is 0 Å². The van der Waals surface area contributed by atoms with Gasteiger partial charge in [0.05, 0.1) is 0 Å². The highest BCUT2D eigenvalue weighted by Gasteiger charge is 2.04. The molecule has 3 rings (SSSR count). The Labute approximate surface area is 107 Å². The van der Waals surface area contributed by atoms with Gasteiger partial charge in [-0.2, -0.15) is 0 Å². The Bertz CT molecular complexity index is 653. The zero-order chi connectivity index (χ0) is 12.4. The van der Waals surface area contributed by atoms with Gasteiger partial charge in [-0.25, -0.2) is 0 Å². The Hall–Kier alpha value is -2.09. The average molecular weight is 236 g/mol. The van der Waals surface area contributed by atoms with Gasteiger partial charge >= 0.3 is 0 Å².